The second-order valence-corrected chi connectivity index (χ2v) is 9.42. The van der Waals surface area contributed by atoms with Crippen LogP contribution in [-0.2, 0) is 0 Å². The molecule has 4 bridgehead atoms. The number of allylic oxidation sites excluding steroid dienone is 2. The average Bonchev–Trinajstić information content (AvgIpc) is 2.95. The van der Waals surface area contributed by atoms with E-state index < -0.39 is 14.1 Å². The van der Waals surface area contributed by atoms with Gasteiger partial charge >= 0.3 is 0 Å². The third-order valence-electron chi connectivity index (χ3n) is 5.63. The maximum Gasteiger partial charge on any atom is 0.166 e. The predicted octanol–water partition coefficient (Wildman–Crippen LogP) is 4.47. The molecule has 0 spiro atoms. The van der Waals surface area contributed by atoms with Crippen LogP contribution in [0.25, 0.3) is 0 Å². The van der Waals surface area contributed by atoms with Crippen molar-refractivity contribution in [3.8, 4) is 0 Å². The lowest BCUT2D eigenvalue weighted by atomic mass is 9.71. The Bertz CT molecular complexity index is 518. The Morgan fingerprint density at radius 3 is 2.00 bits per heavy atom. The standard InChI is InChI=1S/C12H10Cl6O/c13-8-9(14)11(16)7-4-1-3(2-5(4)19)6(7)10(8,15)12(11,17)18/h3-7,19H,1-2H2/t3-,4-,5+,6-,7-,10+,11+/m1/s1. The minimum Gasteiger partial charge on any atom is -0.393 e. The number of hydrogen-bond acceptors (Lipinski definition) is 1. The summed E-state index contributed by atoms with van der Waals surface area (Å²) in [5, 5.41) is 10.7. The predicted molar refractivity (Wildman–Crippen MR) is 79.5 cm³/mol. The Morgan fingerprint density at radius 1 is 0.895 bits per heavy atom. The lowest BCUT2D eigenvalue weighted by molar-refractivity contribution is 0.0530. The van der Waals surface area contributed by atoms with Gasteiger partial charge in [-0.3, -0.25) is 0 Å². The van der Waals surface area contributed by atoms with Crippen LogP contribution in [0.15, 0.2) is 10.1 Å². The Hall–Kier alpha value is 1.44. The molecule has 0 unspecified atom stereocenters. The number of fused-ring (bicyclic) bond motifs is 9. The van der Waals surface area contributed by atoms with Crippen LogP contribution >= 0.6 is 69.6 Å². The SMILES string of the molecule is O[C@H]1C[C@H]2C[C@H]1[C@@H]1[C@@H]2[C@]2(Cl)C(Cl)=C(Cl)[C@]1(Cl)C2(Cl)Cl. The van der Waals surface area contributed by atoms with Crippen molar-refractivity contribution in [3.63, 3.8) is 0 Å². The molecule has 4 aliphatic carbocycles. The van der Waals surface area contributed by atoms with Crippen molar-refractivity contribution >= 4 is 69.6 Å². The van der Waals surface area contributed by atoms with Gasteiger partial charge in [-0.05, 0) is 36.5 Å². The van der Waals surface area contributed by atoms with E-state index >= 15 is 0 Å². The molecular weight excluding hydrogens is 373 g/mol. The maximum absolute atomic E-state index is 10.1. The topological polar surface area (TPSA) is 20.2 Å². The molecule has 0 saturated heterocycles. The van der Waals surface area contributed by atoms with Gasteiger partial charge in [0, 0.05) is 0 Å². The van der Waals surface area contributed by atoms with Gasteiger partial charge in [-0.1, -0.05) is 46.4 Å². The largest absolute Gasteiger partial charge is 0.393 e. The zero-order valence-corrected chi connectivity index (χ0v) is 14.1. The molecule has 0 aliphatic heterocycles. The highest BCUT2D eigenvalue weighted by Crippen LogP contribution is 2.82. The Labute approximate surface area is 141 Å². The van der Waals surface area contributed by atoms with Crippen molar-refractivity contribution in [3.05, 3.63) is 10.1 Å². The number of halogens is 6. The molecule has 106 valence electrons. The first kappa shape index (κ1) is 14.1. The van der Waals surface area contributed by atoms with E-state index in [0.29, 0.717) is 6.42 Å². The summed E-state index contributed by atoms with van der Waals surface area (Å²) in [6.07, 6.45) is 1.21. The number of aliphatic hydroxyl groups is 1. The normalized spacial score (nSPS) is 61.1. The number of alkyl halides is 4. The molecule has 4 rings (SSSR count). The molecule has 4 aliphatic rings. The summed E-state index contributed by atoms with van der Waals surface area (Å²) in [5.74, 6) is 0.150. The summed E-state index contributed by atoms with van der Waals surface area (Å²) in [4.78, 5) is -2.33. The second-order valence-electron chi connectivity index (χ2n) is 6.14. The van der Waals surface area contributed by atoms with Gasteiger partial charge in [-0.15, -0.1) is 23.2 Å². The van der Waals surface area contributed by atoms with Crippen LogP contribution in [0.5, 0.6) is 0 Å². The summed E-state index contributed by atoms with van der Waals surface area (Å²) < 4.78 is -1.45. The molecule has 3 fully saturated rings. The van der Waals surface area contributed by atoms with E-state index in [2.05, 4.69) is 0 Å². The minimum atomic E-state index is -1.45. The summed E-state index contributed by atoms with van der Waals surface area (Å²) in [6.45, 7) is 0. The van der Waals surface area contributed by atoms with E-state index in [1.807, 2.05) is 0 Å². The fraction of sp³-hybridized carbons (Fsp3) is 0.833. The molecule has 1 N–H and O–H groups in total. The molecule has 0 aromatic carbocycles. The van der Waals surface area contributed by atoms with Crippen LogP contribution in [-0.4, -0.2) is 25.3 Å². The quantitative estimate of drug-likeness (QED) is 0.484. The Morgan fingerprint density at radius 2 is 1.42 bits per heavy atom. The fourth-order valence-electron chi connectivity index (χ4n) is 5.01. The molecular formula is C12H10Cl6O. The van der Waals surface area contributed by atoms with Crippen LogP contribution in [0.4, 0.5) is 0 Å². The van der Waals surface area contributed by atoms with Crippen molar-refractivity contribution in [2.45, 2.75) is 33.0 Å². The van der Waals surface area contributed by atoms with Crippen molar-refractivity contribution < 1.29 is 5.11 Å². The summed E-state index contributed by atoms with van der Waals surface area (Å²) >= 11 is 39.2. The molecule has 0 aromatic rings. The highest BCUT2D eigenvalue weighted by molar-refractivity contribution is 6.65. The van der Waals surface area contributed by atoms with E-state index in [0.717, 1.165) is 6.42 Å². The average molecular weight is 383 g/mol. The molecule has 7 heteroatoms. The van der Waals surface area contributed by atoms with Gasteiger partial charge in [0.2, 0.25) is 0 Å². The maximum atomic E-state index is 10.1. The smallest absolute Gasteiger partial charge is 0.166 e. The first-order chi connectivity index (χ1) is 8.69. The van der Waals surface area contributed by atoms with Crippen LogP contribution in [0.3, 0.4) is 0 Å². The molecule has 0 aromatic heterocycles. The van der Waals surface area contributed by atoms with Crippen LogP contribution in [0.1, 0.15) is 12.8 Å². The van der Waals surface area contributed by atoms with E-state index in [-0.39, 0.29) is 39.8 Å². The molecule has 0 amide bonds. The second kappa shape index (κ2) is 3.67. The third kappa shape index (κ3) is 1.16. The van der Waals surface area contributed by atoms with Crippen LogP contribution in [0, 0.1) is 23.7 Å². The molecule has 7 atom stereocenters. The fourth-order valence-corrected chi connectivity index (χ4v) is 8.16. The number of hydrogen-bond donors (Lipinski definition) is 1. The Kier molecular flexibility index (Phi) is 2.72. The first-order valence-electron chi connectivity index (χ1n) is 6.19. The van der Waals surface area contributed by atoms with Gasteiger partial charge in [-0.25, -0.2) is 0 Å². The molecule has 19 heavy (non-hydrogen) atoms. The van der Waals surface area contributed by atoms with Crippen LogP contribution < -0.4 is 0 Å². The van der Waals surface area contributed by atoms with E-state index in [4.69, 9.17) is 69.6 Å². The van der Waals surface area contributed by atoms with Gasteiger partial charge in [0.1, 0.15) is 9.75 Å². The first-order valence-corrected chi connectivity index (χ1v) is 8.45. The minimum absolute atomic E-state index is 0.0231. The van der Waals surface area contributed by atoms with Gasteiger partial charge in [-0.2, -0.15) is 0 Å². The summed E-state index contributed by atoms with van der Waals surface area (Å²) in [6, 6.07) is 0. The van der Waals surface area contributed by atoms with E-state index in [1.54, 1.807) is 0 Å². The monoisotopic (exact) mass is 380 g/mol. The highest BCUT2D eigenvalue weighted by Gasteiger charge is 2.86. The lowest BCUT2D eigenvalue weighted by Crippen LogP contribution is -2.46. The van der Waals surface area contributed by atoms with Crippen molar-refractivity contribution in [1.82, 2.24) is 0 Å². The Balaban J connectivity index is 1.99. The molecule has 1 nitrogen and oxygen atoms in total. The molecule has 0 radical (unpaired) electrons. The highest BCUT2D eigenvalue weighted by atomic mass is 35.5. The van der Waals surface area contributed by atoms with Crippen molar-refractivity contribution in [2.24, 2.45) is 23.7 Å². The van der Waals surface area contributed by atoms with Gasteiger partial charge in [0.15, 0.2) is 4.33 Å². The molecule has 3 saturated carbocycles. The van der Waals surface area contributed by atoms with Crippen molar-refractivity contribution in [1.29, 1.82) is 0 Å². The van der Waals surface area contributed by atoms with Gasteiger partial charge < -0.3 is 5.11 Å². The van der Waals surface area contributed by atoms with Gasteiger partial charge in [0.05, 0.1) is 16.2 Å². The van der Waals surface area contributed by atoms with Crippen molar-refractivity contribution in [2.75, 3.05) is 0 Å². The van der Waals surface area contributed by atoms with E-state index in [9.17, 15) is 5.11 Å². The number of rotatable bonds is 0. The van der Waals surface area contributed by atoms with E-state index in [1.165, 1.54) is 0 Å². The van der Waals surface area contributed by atoms with Gasteiger partial charge in [0.25, 0.3) is 0 Å². The number of aliphatic hydroxyl groups excluding tert-OH is 1. The summed E-state index contributed by atoms with van der Waals surface area (Å²) in [7, 11) is 0. The zero-order valence-electron chi connectivity index (χ0n) is 9.52. The summed E-state index contributed by atoms with van der Waals surface area (Å²) in [5.41, 5.74) is 0. The zero-order chi connectivity index (χ0) is 14.0. The lowest BCUT2D eigenvalue weighted by Gasteiger charge is -2.41. The third-order valence-corrected chi connectivity index (χ3v) is 9.93. The van der Waals surface area contributed by atoms with Crippen LogP contribution in [0.2, 0.25) is 0 Å². The molecule has 0 heterocycles.